The maximum atomic E-state index is 10.6. The van der Waals surface area contributed by atoms with Crippen molar-refractivity contribution >= 4 is 6.29 Å². The van der Waals surface area contributed by atoms with Gasteiger partial charge in [0.15, 0.2) is 0 Å². The molecule has 0 saturated heterocycles. The topological polar surface area (TPSA) is 17.1 Å². The maximum absolute atomic E-state index is 10.6. The number of carbonyl (C=O) groups excluding carboxylic acids is 1. The largest absolute Gasteiger partial charge is 0.298 e. The van der Waals surface area contributed by atoms with Gasteiger partial charge < -0.3 is 0 Å². The smallest absolute Gasteiger partial charge is 0.150 e. The first-order chi connectivity index (χ1) is 8.31. The van der Waals surface area contributed by atoms with Crippen LogP contribution >= 0.6 is 0 Å². The Bertz CT molecular complexity index is 344. The van der Waals surface area contributed by atoms with Gasteiger partial charge in [-0.15, -0.1) is 0 Å². The lowest BCUT2D eigenvalue weighted by molar-refractivity contribution is 0.112. The number of benzene rings is 1. The second-order valence-corrected chi connectivity index (χ2v) is 5.36. The van der Waals surface area contributed by atoms with Crippen LogP contribution in [0.4, 0.5) is 0 Å². The highest BCUT2D eigenvalue weighted by Crippen LogP contribution is 2.32. The molecule has 0 atom stereocenters. The normalized spacial score (nSPS) is 24.5. The first-order valence-electron chi connectivity index (χ1n) is 6.86. The molecule has 0 bridgehead atoms. The summed E-state index contributed by atoms with van der Waals surface area (Å²) in [5.41, 5.74) is 2.17. The molecule has 92 valence electrons. The maximum Gasteiger partial charge on any atom is 0.150 e. The van der Waals surface area contributed by atoms with E-state index >= 15 is 0 Å². The second-order valence-electron chi connectivity index (χ2n) is 5.36. The summed E-state index contributed by atoms with van der Waals surface area (Å²) in [6.07, 6.45) is 9.04. The number of carbonyl (C=O) groups is 1. The molecule has 0 aliphatic heterocycles. The van der Waals surface area contributed by atoms with Gasteiger partial charge in [0.05, 0.1) is 0 Å². The summed E-state index contributed by atoms with van der Waals surface area (Å²) in [6, 6.07) is 8.07. The van der Waals surface area contributed by atoms with Gasteiger partial charge in [0, 0.05) is 5.56 Å². The van der Waals surface area contributed by atoms with Gasteiger partial charge in [-0.05, 0) is 36.7 Å². The zero-order valence-corrected chi connectivity index (χ0v) is 10.7. The van der Waals surface area contributed by atoms with Crippen LogP contribution in [0.25, 0.3) is 0 Å². The molecule has 0 N–H and O–H groups in total. The Labute approximate surface area is 104 Å². The Balaban J connectivity index is 1.86. The summed E-state index contributed by atoms with van der Waals surface area (Å²) in [4.78, 5) is 10.6. The predicted octanol–water partition coefficient (Wildman–Crippen LogP) is 4.26. The fourth-order valence-electron chi connectivity index (χ4n) is 2.91. The minimum Gasteiger partial charge on any atom is -0.298 e. The third-order valence-electron chi connectivity index (χ3n) is 4.18. The van der Waals surface area contributed by atoms with Crippen LogP contribution in [0.15, 0.2) is 24.3 Å². The molecule has 1 aromatic rings. The molecule has 0 spiro atoms. The molecule has 1 saturated carbocycles. The highest BCUT2D eigenvalue weighted by molar-refractivity contribution is 5.74. The SMILES string of the molecule is CCC1CCC(Cc2ccc(C=O)cc2)CC1. The molecule has 1 aromatic carbocycles. The fraction of sp³-hybridized carbons (Fsp3) is 0.562. The Morgan fingerprint density at radius 1 is 1.06 bits per heavy atom. The van der Waals surface area contributed by atoms with Crippen molar-refractivity contribution in [2.45, 2.75) is 45.4 Å². The van der Waals surface area contributed by atoms with E-state index in [0.29, 0.717) is 0 Å². The highest BCUT2D eigenvalue weighted by Gasteiger charge is 2.19. The van der Waals surface area contributed by atoms with Crippen molar-refractivity contribution in [2.75, 3.05) is 0 Å². The average Bonchev–Trinajstić information content (AvgIpc) is 2.40. The molecule has 0 amide bonds. The first kappa shape index (κ1) is 12.3. The van der Waals surface area contributed by atoms with Crippen LogP contribution < -0.4 is 0 Å². The minimum atomic E-state index is 0.781. The molecular formula is C16H22O. The minimum absolute atomic E-state index is 0.781. The van der Waals surface area contributed by atoms with Crippen LogP contribution in [-0.4, -0.2) is 6.29 Å². The predicted molar refractivity (Wildman–Crippen MR) is 71.3 cm³/mol. The van der Waals surface area contributed by atoms with Gasteiger partial charge in [0.25, 0.3) is 0 Å². The number of hydrogen-bond acceptors (Lipinski definition) is 1. The quantitative estimate of drug-likeness (QED) is 0.706. The number of rotatable bonds is 4. The third kappa shape index (κ3) is 3.42. The molecule has 1 fully saturated rings. The first-order valence-corrected chi connectivity index (χ1v) is 6.86. The van der Waals surface area contributed by atoms with Crippen molar-refractivity contribution < 1.29 is 4.79 Å². The molecule has 1 nitrogen and oxygen atoms in total. The summed E-state index contributed by atoms with van der Waals surface area (Å²) in [5.74, 6) is 1.84. The van der Waals surface area contributed by atoms with Gasteiger partial charge in [0.2, 0.25) is 0 Å². The van der Waals surface area contributed by atoms with Crippen LogP contribution in [-0.2, 0) is 6.42 Å². The van der Waals surface area contributed by atoms with Gasteiger partial charge in [-0.25, -0.2) is 0 Å². The van der Waals surface area contributed by atoms with Crippen molar-refractivity contribution in [3.05, 3.63) is 35.4 Å². The van der Waals surface area contributed by atoms with E-state index in [-0.39, 0.29) is 0 Å². The van der Waals surface area contributed by atoms with Crippen molar-refractivity contribution in [2.24, 2.45) is 11.8 Å². The molecule has 0 heterocycles. The molecule has 0 radical (unpaired) electrons. The van der Waals surface area contributed by atoms with Crippen LogP contribution in [0.5, 0.6) is 0 Å². The van der Waals surface area contributed by atoms with Crippen LogP contribution in [0, 0.1) is 11.8 Å². The molecule has 1 aliphatic rings. The zero-order valence-electron chi connectivity index (χ0n) is 10.7. The fourth-order valence-corrected chi connectivity index (χ4v) is 2.91. The van der Waals surface area contributed by atoms with Gasteiger partial charge in [-0.1, -0.05) is 50.5 Å². The molecule has 2 rings (SSSR count). The lowest BCUT2D eigenvalue weighted by atomic mass is 9.78. The van der Waals surface area contributed by atoms with E-state index in [0.717, 1.165) is 23.7 Å². The summed E-state index contributed by atoms with van der Waals surface area (Å²) in [7, 11) is 0. The van der Waals surface area contributed by atoms with Gasteiger partial charge in [-0.2, -0.15) is 0 Å². The molecule has 1 heteroatoms. The van der Waals surface area contributed by atoms with E-state index in [2.05, 4.69) is 19.1 Å². The standard InChI is InChI=1S/C16H22O/c1-2-13-3-5-14(6-4-13)11-15-7-9-16(12-17)10-8-15/h7-10,12-14H,2-6,11H2,1H3. The van der Waals surface area contributed by atoms with E-state index < -0.39 is 0 Å². The molecular weight excluding hydrogens is 208 g/mol. The lowest BCUT2D eigenvalue weighted by Crippen LogP contribution is -2.15. The summed E-state index contributed by atoms with van der Waals surface area (Å²) in [5, 5.41) is 0. The van der Waals surface area contributed by atoms with E-state index in [1.165, 1.54) is 44.1 Å². The van der Waals surface area contributed by atoms with Crippen LogP contribution in [0.3, 0.4) is 0 Å². The Hall–Kier alpha value is -1.11. The van der Waals surface area contributed by atoms with Gasteiger partial charge in [0.1, 0.15) is 6.29 Å². The summed E-state index contributed by atoms with van der Waals surface area (Å²) < 4.78 is 0. The molecule has 1 aliphatic carbocycles. The monoisotopic (exact) mass is 230 g/mol. The molecule has 0 aromatic heterocycles. The van der Waals surface area contributed by atoms with Gasteiger partial charge >= 0.3 is 0 Å². The van der Waals surface area contributed by atoms with Gasteiger partial charge in [-0.3, -0.25) is 4.79 Å². The van der Waals surface area contributed by atoms with Crippen LogP contribution in [0.1, 0.15) is 54.9 Å². The number of aldehydes is 1. The average molecular weight is 230 g/mol. The Kier molecular flexibility index (Phi) is 4.36. The summed E-state index contributed by atoms with van der Waals surface area (Å²) >= 11 is 0. The second kappa shape index (κ2) is 6.00. The highest BCUT2D eigenvalue weighted by atomic mass is 16.1. The van der Waals surface area contributed by atoms with E-state index in [9.17, 15) is 4.79 Å². The van der Waals surface area contributed by atoms with Crippen molar-refractivity contribution in [1.29, 1.82) is 0 Å². The lowest BCUT2D eigenvalue weighted by Gasteiger charge is -2.27. The molecule has 17 heavy (non-hydrogen) atoms. The van der Waals surface area contributed by atoms with Crippen molar-refractivity contribution in [3.63, 3.8) is 0 Å². The zero-order chi connectivity index (χ0) is 12.1. The molecule has 0 unspecified atom stereocenters. The third-order valence-corrected chi connectivity index (χ3v) is 4.18. The van der Waals surface area contributed by atoms with Crippen molar-refractivity contribution in [1.82, 2.24) is 0 Å². The summed E-state index contributed by atoms with van der Waals surface area (Å²) in [6.45, 7) is 2.31. The Morgan fingerprint density at radius 3 is 2.18 bits per heavy atom. The number of hydrogen-bond donors (Lipinski definition) is 0. The van der Waals surface area contributed by atoms with Crippen molar-refractivity contribution in [3.8, 4) is 0 Å². The van der Waals surface area contributed by atoms with E-state index in [1.807, 2.05) is 12.1 Å². The van der Waals surface area contributed by atoms with E-state index in [4.69, 9.17) is 0 Å². The van der Waals surface area contributed by atoms with Crippen LogP contribution in [0.2, 0.25) is 0 Å². The Morgan fingerprint density at radius 2 is 1.65 bits per heavy atom. The van der Waals surface area contributed by atoms with E-state index in [1.54, 1.807) is 0 Å².